The number of sulfonamides is 1. The SMILES string of the molecule is CS(=O)(=O)NC(N)=N[N+]1(C(=O)c2ccccc2)CCOCC1. The molecule has 1 heterocycles. The summed E-state index contributed by atoms with van der Waals surface area (Å²) in [5, 5.41) is 4.14. The molecule has 0 aliphatic carbocycles. The first kappa shape index (κ1) is 16.4. The molecule has 3 N–H and O–H groups in total. The molecule has 0 spiro atoms. The van der Waals surface area contributed by atoms with Crippen LogP contribution in [0.5, 0.6) is 0 Å². The van der Waals surface area contributed by atoms with Crippen molar-refractivity contribution in [2.45, 2.75) is 0 Å². The number of nitrogens with two attached hydrogens (primary N) is 1. The van der Waals surface area contributed by atoms with E-state index in [1.807, 2.05) is 6.07 Å². The molecule has 0 unspecified atom stereocenters. The third-order valence-electron chi connectivity index (χ3n) is 3.20. The van der Waals surface area contributed by atoms with E-state index in [4.69, 9.17) is 10.5 Å². The smallest absolute Gasteiger partial charge is 0.370 e. The summed E-state index contributed by atoms with van der Waals surface area (Å²) in [5.41, 5.74) is 6.13. The normalized spacial score (nSPS) is 18.7. The van der Waals surface area contributed by atoms with Gasteiger partial charge in [0, 0.05) is 0 Å². The summed E-state index contributed by atoms with van der Waals surface area (Å²) in [6, 6.07) is 8.70. The second-order valence-electron chi connectivity index (χ2n) is 5.01. The molecule has 1 saturated heterocycles. The lowest BCUT2D eigenvalue weighted by Gasteiger charge is -2.32. The first-order valence-corrected chi connectivity index (χ1v) is 8.60. The Morgan fingerprint density at radius 3 is 2.41 bits per heavy atom. The highest BCUT2D eigenvalue weighted by atomic mass is 32.2. The molecule has 0 radical (unpaired) electrons. The van der Waals surface area contributed by atoms with Gasteiger partial charge in [0.25, 0.3) is 5.96 Å². The molecular formula is C13H19N4O4S+. The van der Waals surface area contributed by atoms with Gasteiger partial charge in [-0.05, 0) is 17.2 Å². The Morgan fingerprint density at radius 2 is 1.86 bits per heavy atom. The van der Waals surface area contributed by atoms with E-state index in [-0.39, 0.29) is 16.5 Å². The summed E-state index contributed by atoms with van der Waals surface area (Å²) in [4.78, 5) is 12.8. The van der Waals surface area contributed by atoms with Gasteiger partial charge in [0.15, 0.2) is 0 Å². The molecule has 1 aromatic rings. The van der Waals surface area contributed by atoms with Crippen molar-refractivity contribution in [2.24, 2.45) is 10.8 Å². The number of guanidine groups is 1. The fourth-order valence-corrected chi connectivity index (χ4v) is 2.65. The number of ether oxygens (including phenoxy) is 1. The number of amides is 1. The van der Waals surface area contributed by atoms with E-state index in [9.17, 15) is 13.2 Å². The summed E-state index contributed by atoms with van der Waals surface area (Å²) < 4.78 is 29.5. The molecule has 0 aromatic heterocycles. The van der Waals surface area contributed by atoms with E-state index in [2.05, 4.69) is 9.82 Å². The molecule has 1 aromatic carbocycles. The van der Waals surface area contributed by atoms with E-state index in [0.717, 1.165) is 6.26 Å². The maximum atomic E-state index is 12.8. The summed E-state index contributed by atoms with van der Waals surface area (Å²) >= 11 is 0. The van der Waals surface area contributed by atoms with Crippen LogP contribution in [0.25, 0.3) is 0 Å². The number of carbonyl (C=O) groups excluding carboxylic acids is 1. The second-order valence-corrected chi connectivity index (χ2v) is 6.76. The Balaban J connectivity index is 2.36. The number of nitrogens with one attached hydrogen (secondary N) is 1. The highest BCUT2D eigenvalue weighted by Gasteiger charge is 2.41. The van der Waals surface area contributed by atoms with Crippen molar-refractivity contribution in [2.75, 3.05) is 32.6 Å². The lowest BCUT2D eigenvalue weighted by molar-refractivity contribution is -0.864. The largest absolute Gasteiger partial charge is 0.372 e. The molecule has 2 rings (SSSR count). The lowest BCUT2D eigenvalue weighted by Crippen LogP contribution is -2.57. The Kier molecular flexibility index (Phi) is 4.79. The van der Waals surface area contributed by atoms with Gasteiger partial charge in [-0.2, -0.15) is 0 Å². The first-order valence-electron chi connectivity index (χ1n) is 6.71. The van der Waals surface area contributed by atoms with Crippen LogP contribution < -0.4 is 10.5 Å². The zero-order chi connectivity index (χ0) is 16.2. The van der Waals surface area contributed by atoms with Crippen molar-refractivity contribution >= 4 is 21.9 Å². The number of quaternary nitrogens is 1. The number of rotatable bonds is 3. The van der Waals surface area contributed by atoms with Crippen molar-refractivity contribution in [1.82, 2.24) is 4.72 Å². The van der Waals surface area contributed by atoms with E-state index in [0.29, 0.717) is 31.9 Å². The molecular weight excluding hydrogens is 308 g/mol. The van der Waals surface area contributed by atoms with Crippen molar-refractivity contribution in [3.8, 4) is 0 Å². The van der Waals surface area contributed by atoms with E-state index in [1.165, 1.54) is 0 Å². The van der Waals surface area contributed by atoms with Crippen LogP contribution in [0.3, 0.4) is 0 Å². The van der Waals surface area contributed by atoms with Crippen LogP contribution in [0, 0.1) is 0 Å². The number of hydrogen-bond donors (Lipinski definition) is 2. The molecule has 0 bridgehead atoms. The third kappa shape index (κ3) is 4.03. The minimum absolute atomic E-state index is 0.248. The third-order valence-corrected chi connectivity index (χ3v) is 3.78. The molecule has 22 heavy (non-hydrogen) atoms. The highest BCUT2D eigenvalue weighted by molar-refractivity contribution is 7.89. The highest BCUT2D eigenvalue weighted by Crippen LogP contribution is 2.18. The molecule has 1 aliphatic rings. The van der Waals surface area contributed by atoms with Crippen molar-refractivity contribution in [3.63, 3.8) is 0 Å². The molecule has 0 saturated carbocycles. The van der Waals surface area contributed by atoms with Crippen molar-refractivity contribution in [1.29, 1.82) is 0 Å². The number of morpholine rings is 1. The number of carbonyl (C=O) groups is 1. The molecule has 0 atom stereocenters. The Labute approximate surface area is 129 Å². The molecule has 1 amide bonds. The van der Waals surface area contributed by atoms with Gasteiger partial charge in [-0.25, -0.2) is 17.9 Å². The van der Waals surface area contributed by atoms with Crippen LogP contribution in [-0.2, 0) is 14.8 Å². The number of nitrogens with zero attached hydrogens (tertiary/aromatic N) is 2. The Morgan fingerprint density at radius 1 is 1.27 bits per heavy atom. The number of hydrogen-bond acceptors (Lipinski definition) is 5. The van der Waals surface area contributed by atoms with Crippen LogP contribution >= 0.6 is 0 Å². The lowest BCUT2D eigenvalue weighted by atomic mass is 10.2. The van der Waals surface area contributed by atoms with Crippen LogP contribution in [0.1, 0.15) is 10.4 Å². The van der Waals surface area contributed by atoms with E-state index in [1.54, 1.807) is 24.3 Å². The van der Waals surface area contributed by atoms with E-state index >= 15 is 0 Å². The fraction of sp³-hybridized carbons (Fsp3) is 0.385. The predicted molar refractivity (Wildman–Crippen MR) is 81.2 cm³/mol. The average molecular weight is 327 g/mol. The number of benzene rings is 1. The second kappa shape index (κ2) is 6.42. The minimum atomic E-state index is -3.55. The Bertz CT molecular complexity index is 667. The van der Waals surface area contributed by atoms with Crippen LogP contribution in [0.15, 0.2) is 35.4 Å². The molecule has 9 heteroatoms. The Hall–Kier alpha value is -1.97. The maximum Gasteiger partial charge on any atom is 0.372 e. The molecule has 8 nitrogen and oxygen atoms in total. The van der Waals surface area contributed by atoms with Crippen LogP contribution in [0.4, 0.5) is 0 Å². The summed E-state index contributed by atoms with van der Waals surface area (Å²) in [5.74, 6) is -0.559. The zero-order valence-electron chi connectivity index (χ0n) is 12.2. The predicted octanol–water partition coefficient (Wildman–Crippen LogP) is -0.547. The standard InChI is InChI=1S/C13H19N4O4S/c1-22(19,20)16-13(14)15-17(7-9-21-10-8-17)12(18)11-5-3-2-4-6-11/h2-6H,7-10H2,1H3,(H3,14,15,16)/q+1. The van der Waals surface area contributed by atoms with Gasteiger partial charge in [-0.15, -0.1) is 4.59 Å². The van der Waals surface area contributed by atoms with Gasteiger partial charge in [-0.1, -0.05) is 18.2 Å². The minimum Gasteiger partial charge on any atom is -0.370 e. The van der Waals surface area contributed by atoms with Gasteiger partial charge >= 0.3 is 5.91 Å². The first-order chi connectivity index (χ1) is 10.3. The van der Waals surface area contributed by atoms with Gasteiger partial charge in [-0.3, -0.25) is 0 Å². The average Bonchev–Trinajstić information content (AvgIpc) is 2.46. The monoisotopic (exact) mass is 327 g/mol. The molecule has 1 aliphatic heterocycles. The van der Waals surface area contributed by atoms with Gasteiger partial charge in [0.1, 0.15) is 13.1 Å². The van der Waals surface area contributed by atoms with Crippen molar-refractivity contribution in [3.05, 3.63) is 35.9 Å². The summed E-state index contributed by atoms with van der Waals surface area (Å²) in [7, 11) is -3.55. The van der Waals surface area contributed by atoms with Gasteiger partial charge < -0.3 is 10.5 Å². The summed E-state index contributed by atoms with van der Waals surface area (Å²) in [6.45, 7) is 1.27. The molecule has 120 valence electrons. The van der Waals surface area contributed by atoms with Gasteiger partial charge in [0.2, 0.25) is 10.0 Å². The zero-order valence-corrected chi connectivity index (χ0v) is 13.0. The topological polar surface area (TPSA) is 111 Å². The maximum absolute atomic E-state index is 12.8. The quantitative estimate of drug-likeness (QED) is 0.440. The summed E-state index contributed by atoms with van der Waals surface area (Å²) in [6.07, 6.45) is 0.970. The van der Waals surface area contributed by atoms with Crippen molar-refractivity contribution < 1.29 is 22.5 Å². The fourth-order valence-electron chi connectivity index (χ4n) is 2.23. The molecule has 1 fully saturated rings. The van der Waals surface area contributed by atoms with Crippen LogP contribution in [0.2, 0.25) is 0 Å². The van der Waals surface area contributed by atoms with Crippen LogP contribution in [-0.4, -0.2) is 57.4 Å². The van der Waals surface area contributed by atoms with Gasteiger partial charge in [0.05, 0.1) is 25.0 Å². The van der Waals surface area contributed by atoms with E-state index < -0.39 is 10.0 Å².